The molecule has 0 saturated heterocycles. The quantitative estimate of drug-likeness (QED) is 0.679. The van der Waals surface area contributed by atoms with E-state index >= 15 is 0 Å². The highest BCUT2D eigenvalue weighted by Crippen LogP contribution is 2.31. The van der Waals surface area contributed by atoms with Crippen LogP contribution in [0.3, 0.4) is 0 Å². The first-order chi connectivity index (χ1) is 11.0. The Labute approximate surface area is 141 Å². The minimum absolute atomic E-state index is 0.307. The summed E-state index contributed by atoms with van der Waals surface area (Å²) >= 11 is 12.0. The predicted octanol–water partition coefficient (Wildman–Crippen LogP) is 2.57. The number of aldehydes is 1. The molecule has 0 bridgehead atoms. The summed E-state index contributed by atoms with van der Waals surface area (Å²) in [5.74, 6) is -0.818. The van der Waals surface area contributed by atoms with E-state index in [9.17, 15) is 14.7 Å². The highest BCUT2D eigenvalue weighted by Gasteiger charge is 2.15. The van der Waals surface area contributed by atoms with Gasteiger partial charge in [-0.1, -0.05) is 47.5 Å². The molecule has 0 atom stereocenters. The van der Waals surface area contributed by atoms with Crippen molar-refractivity contribution in [1.29, 1.82) is 0 Å². The number of hydrogen-bond donors (Lipinski definition) is 0. The summed E-state index contributed by atoms with van der Waals surface area (Å²) in [5, 5.41) is 11.7. The molecule has 0 aliphatic rings. The minimum atomic E-state index is -1.25. The Hall–Kier alpha value is -2.37. The lowest BCUT2D eigenvalue weighted by atomic mass is 10.1. The van der Waals surface area contributed by atoms with Gasteiger partial charge in [-0.05, 0) is 12.1 Å². The number of aliphatic carboxylic acids is 1. The van der Waals surface area contributed by atoms with Crippen molar-refractivity contribution in [1.82, 2.24) is 9.55 Å². The SMILES string of the molecule is O=Cc1ccc(-c2nc3cc(Cl)c(Cl)cc3n2CC(=O)[O-])cc1. The third kappa shape index (κ3) is 2.93. The first kappa shape index (κ1) is 15.5. The third-order valence-electron chi connectivity index (χ3n) is 3.38. The number of halogens is 2. The maximum absolute atomic E-state index is 11.1. The molecular formula is C16H9Cl2N2O3-. The molecular weight excluding hydrogens is 339 g/mol. The normalized spacial score (nSPS) is 10.9. The number of imidazole rings is 1. The van der Waals surface area contributed by atoms with E-state index < -0.39 is 5.97 Å². The van der Waals surface area contributed by atoms with E-state index in [1.807, 2.05) is 0 Å². The van der Waals surface area contributed by atoms with Gasteiger partial charge in [0.1, 0.15) is 12.1 Å². The Balaban J connectivity index is 2.24. The fraction of sp³-hybridized carbons (Fsp3) is 0.0625. The maximum atomic E-state index is 11.1. The lowest BCUT2D eigenvalue weighted by Crippen LogP contribution is -2.27. The summed E-state index contributed by atoms with van der Waals surface area (Å²) in [6, 6.07) is 9.79. The average molecular weight is 348 g/mol. The lowest BCUT2D eigenvalue weighted by Gasteiger charge is -2.10. The van der Waals surface area contributed by atoms with E-state index in [0.717, 1.165) is 6.29 Å². The van der Waals surface area contributed by atoms with Crippen LogP contribution >= 0.6 is 23.2 Å². The lowest BCUT2D eigenvalue weighted by molar-refractivity contribution is -0.306. The van der Waals surface area contributed by atoms with Gasteiger partial charge in [-0.25, -0.2) is 4.98 Å². The molecule has 5 nitrogen and oxygen atoms in total. The molecule has 2 aromatic carbocycles. The van der Waals surface area contributed by atoms with Crippen LogP contribution in [0.1, 0.15) is 10.4 Å². The highest BCUT2D eigenvalue weighted by molar-refractivity contribution is 6.42. The molecule has 3 rings (SSSR count). The minimum Gasteiger partial charge on any atom is -0.548 e. The van der Waals surface area contributed by atoms with Crippen molar-refractivity contribution in [2.75, 3.05) is 0 Å². The third-order valence-corrected chi connectivity index (χ3v) is 4.10. The number of carboxylic acid groups (broad SMARTS) is 1. The fourth-order valence-electron chi connectivity index (χ4n) is 2.34. The molecule has 0 spiro atoms. The van der Waals surface area contributed by atoms with Gasteiger partial charge in [-0.2, -0.15) is 0 Å². The molecule has 116 valence electrons. The van der Waals surface area contributed by atoms with Crippen LogP contribution < -0.4 is 5.11 Å². The Kier molecular flexibility index (Phi) is 4.07. The zero-order chi connectivity index (χ0) is 16.6. The average Bonchev–Trinajstić information content (AvgIpc) is 2.85. The molecule has 7 heteroatoms. The van der Waals surface area contributed by atoms with Crippen LogP contribution in [-0.2, 0) is 11.3 Å². The van der Waals surface area contributed by atoms with E-state index in [4.69, 9.17) is 23.2 Å². The Morgan fingerprint density at radius 2 is 1.83 bits per heavy atom. The number of fused-ring (bicyclic) bond motifs is 1. The number of hydrogen-bond acceptors (Lipinski definition) is 4. The van der Waals surface area contributed by atoms with Gasteiger partial charge in [0.05, 0.1) is 33.6 Å². The molecule has 0 radical (unpaired) electrons. The Morgan fingerprint density at radius 1 is 1.17 bits per heavy atom. The number of rotatable bonds is 4. The molecule has 0 unspecified atom stereocenters. The van der Waals surface area contributed by atoms with Crippen molar-refractivity contribution < 1.29 is 14.7 Å². The summed E-state index contributed by atoms with van der Waals surface area (Å²) in [6.45, 7) is -0.376. The van der Waals surface area contributed by atoms with Gasteiger partial charge in [-0.15, -0.1) is 0 Å². The summed E-state index contributed by atoms with van der Waals surface area (Å²) in [5.41, 5.74) is 2.25. The van der Waals surface area contributed by atoms with Crippen molar-refractivity contribution in [2.24, 2.45) is 0 Å². The topological polar surface area (TPSA) is 75.0 Å². The van der Waals surface area contributed by atoms with Crippen LogP contribution in [0.4, 0.5) is 0 Å². The molecule has 1 heterocycles. The van der Waals surface area contributed by atoms with Crippen LogP contribution in [0.2, 0.25) is 10.0 Å². The summed E-state index contributed by atoms with van der Waals surface area (Å²) in [6.07, 6.45) is 0.730. The Morgan fingerprint density at radius 3 is 2.43 bits per heavy atom. The number of carbonyl (C=O) groups is 2. The van der Waals surface area contributed by atoms with E-state index in [1.165, 1.54) is 4.57 Å². The molecule has 23 heavy (non-hydrogen) atoms. The van der Waals surface area contributed by atoms with Gasteiger partial charge in [-0.3, -0.25) is 4.79 Å². The van der Waals surface area contributed by atoms with Gasteiger partial charge in [0.2, 0.25) is 0 Å². The van der Waals surface area contributed by atoms with Gasteiger partial charge in [0.25, 0.3) is 0 Å². The largest absolute Gasteiger partial charge is 0.548 e. The van der Waals surface area contributed by atoms with E-state index in [-0.39, 0.29) is 6.54 Å². The van der Waals surface area contributed by atoms with E-state index in [0.29, 0.717) is 38.0 Å². The molecule has 0 amide bonds. The fourth-order valence-corrected chi connectivity index (χ4v) is 2.66. The smallest absolute Gasteiger partial charge is 0.150 e. The number of carboxylic acids is 1. The number of nitrogens with zero attached hydrogens (tertiary/aromatic N) is 2. The van der Waals surface area contributed by atoms with Gasteiger partial charge >= 0.3 is 0 Å². The van der Waals surface area contributed by atoms with E-state index in [1.54, 1.807) is 36.4 Å². The van der Waals surface area contributed by atoms with Gasteiger partial charge in [0.15, 0.2) is 0 Å². The van der Waals surface area contributed by atoms with Crippen molar-refractivity contribution in [3.05, 3.63) is 52.0 Å². The molecule has 0 N–H and O–H groups in total. The molecule has 0 saturated carbocycles. The van der Waals surface area contributed by atoms with Crippen molar-refractivity contribution in [2.45, 2.75) is 6.54 Å². The van der Waals surface area contributed by atoms with Crippen molar-refractivity contribution in [3.8, 4) is 11.4 Å². The molecule has 0 aliphatic carbocycles. The predicted molar refractivity (Wildman–Crippen MR) is 85.6 cm³/mol. The first-order valence-electron chi connectivity index (χ1n) is 6.60. The second-order valence-corrected chi connectivity index (χ2v) is 5.70. The van der Waals surface area contributed by atoms with Crippen LogP contribution in [-0.4, -0.2) is 21.8 Å². The van der Waals surface area contributed by atoms with Crippen LogP contribution in [0, 0.1) is 0 Å². The molecule has 3 aromatic rings. The number of carbonyl (C=O) groups excluding carboxylic acids is 2. The molecule has 0 fully saturated rings. The van der Waals surface area contributed by atoms with E-state index in [2.05, 4.69) is 4.98 Å². The second kappa shape index (κ2) is 6.02. The van der Waals surface area contributed by atoms with Gasteiger partial charge < -0.3 is 14.5 Å². The summed E-state index contributed by atoms with van der Waals surface area (Å²) in [7, 11) is 0. The van der Waals surface area contributed by atoms with Crippen LogP contribution in [0.15, 0.2) is 36.4 Å². The zero-order valence-electron chi connectivity index (χ0n) is 11.6. The molecule has 0 aliphatic heterocycles. The number of aromatic nitrogens is 2. The van der Waals surface area contributed by atoms with Crippen molar-refractivity contribution >= 4 is 46.5 Å². The van der Waals surface area contributed by atoms with Gasteiger partial charge in [0, 0.05) is 11.1 Å². The van der Waals surface area contributed by atoms with Crippen LogP contribution in [0.25, 0.3) is 22.4 Å². The summed E-state index contributed by atoms with van der Waals surface area (Å²) < 4.78 is 1.49. The second-order valence-electron chi connectivity index (χ2n) is 4.89. The zero-order valence-corrected chi connectivity index (χ0v) is 13.1. The van der Waals surface area contributed by atoms with Crippen molar-refractivity contribution in [3.63, 3.8) is 0 Å². The highest BCUT2D eigenvalue weighted by atomic mass is 35.5. The first-order valence-corrected chi connectivity index (χ1v) is 7.36. The maximum Gasteiger partial charge on any atom is 0.150 e. The standard InChI is InChI=1S/C16H10Cl2N2O3/c17-11-5-13-14(6-12(11)18)20(7-15(22)23)16(19-13)10-3-1-9(8-21)2-4-10/h1-6,8H,7H2,(H,22,23)/p-1. The summed E-state index contributed by atoms with van der Waals surface area (Å²) in [4.78, 5) is 26.3. The molecule has 1 aromatic heterocycles. The van der Waals surface area contributed by atoms with Crippen LogP contribution in [0.5, 0.6) is 0 Å². The Bertz CT molecular complexity index is 917. The number of benzene rings is 2. The monoisotopic (exact) mass is 347 g/mol.